The number of nitrogens with zero attached hydrogens (tertiary/aromatic N) is 2. The Bertz CT molecular complexity index is 1300. The molecule has 1 fully saturated rings. The van der Waals surface area contributed by atoms with Crippen molar-refractivity contribution >= 4 is 28.2 Å². The Morgan fingerprint density at radius 2 is 1.77 bits per heavy atom. The number of aliphatic hydroxyl groups excluding tert-OH is 1. The van der Waals surface area contributed by atoms with Crippen molar-refractivity contribution in [1.82, 2.24) is 9.80 Å². The number of hydrogen-bond donors (Lipinski definition) is 1. The molecule has 1 aliphatic heterocycles. The molecule has 1 N–H and O–H groups in total. The zero-order chi connectivity index (χ0) is 25.3. The molecule has 3 aromatic rings. The van der Waals surface area contributed by atoms with Crippen molar-refractivity contribution in [3.05, 3.63) is 82.9 Å². The number of hydrogen-bond acceptors (Lipinski definition) is 5. The van der Waals surface area contributed by atoms with Crippen molar-refractivity contribution in [2.75, 3.05) is 34.3 Å². The number of fused-ring (bicyclic) bond motifs is 1. The Morgan fingerprint density at radius 1 is 1.06 bits per heavy atom. The predicted molar refractivity (Wildman–Crippen MR) is 139 cm³/mol. The Morgan fingerprint density at radius 3 is 2.46 bits per heavy atom. The second-order valence-corrected chi connectivity index (χ2v) is 9.48. The van der Waals surface area contributed by atoms with E-state index in [0.717, 1.165) is 21.9 Å². The summed E-state index contributed by atoms with van der Waals surface area (Å²) >= 11 is 0. The molecule has 4 rings (SSSR count). The van der Waals surface area contributed by atoms with Gasteiger partial charge in [0.15, 0.2) is 0 Å². The lowest BCUT2D eigenvalue weighted by Gasteiger charge is -2.27. The third-order valence-corrected chi connectivity index (χ3v) is 6.57. The fourth-order valence-electron chi connectivity index (χ4n) is 4.72. The number of likely N-dealkylation sites (tertiary alicyclic amines) is 1. The molecule has 1 saturated heterocycles. The van der Waals surface area contributed by atoms with Crippen LogP contribution >= 0.6 is 0 Å². The molecule has 0 radical (unpaired) electrons. The number of Topliss-reactive ketones (excluding diaryl/α,β-unsaturated/α-hetero) is 1. The molecule has 6 nitrogen and oxygen atoms in total. The van der Waals surface area contributed by atoms with Gasteiger partial charge in [-0.05, 0) is 60.1 Å². The molecule has 182 valence electrons. The fraction of sp³-hybridized carbons (Fsp3) is 0.310. The molecule has 3 aromatic carbocycles. The molecule has 0 spiro atoms. The first-order valence-electron chi connectivity index (χ1n) is 11.8. The van der Waals surface area contributed by atoms with Crippen molar-refractivity contribution in [3.8, 4) is 5.75 Å². The van der Waals surface area contributed by atoms with Crippen molar-refractivity contribution in [3.63, 3.8) is 0 Å². The average molecular weight is 473 g/mol. The third-order valence-electron chi connectivity index (χ3n) is 6.57. The van der Waals surface area contributed by atoms with E-state index >= 15 is 0 Å². The van der Waals surface area contributed by atoms with Crippen molar-refractivity contribution in [2.24, 2.45) is 0 Å². The van der Waals surface area contributed by atoms with Crippen LogP contribution in [0.5, 0.6) is 5.75 Å². The van der Waals surface area contributed by atoms with Crippen LogP contribution in [0.3, 0.4) is 0 Å². The number of carbonyl (C=O) groups excluding carboxylic acids is 2. The van der Waals surface area contributed by atoms with Crippen LogP contribution in [0.1, 0.15) is 42.5 Å². The molecular weight excluding hydrogens is 440 g/mol. The van der Waals surface area contributed by atoms with Crippen LogP contribution in [0.2, 0.25) is 0 Å². The fourth-order valence-corrected chi connectivity index (χ4v) is 4.72. The second kappa shape index (κ2) is 9.92. The molecule has 1 amide bonds. The largest absolute Gasteiger partial charge is 0.507 e. The summed E-state index contributed by atoms with van der Waals surface area (Å²) in [5.74, 6) is -0.564. The van der Waals surface area contributed by atoms with E-state index in [1.54, 1.807) is 24.1 Å². The Balaban J connectivity index is 1.94. The van der Waals surface area contributed by atoms with Crippen LogP contribution in [-0.4, -0.2) is 60.9 Å². The molecule has 0 aliphatic carbocycles. The monoisotopic (exact) mass is 472 g/mol. The van der Waals surface area contributed by atoms with Gasteiger partial charge in [-0.1, -0.05) is 56.3 Å². The van der Waals surface area contributed by atoms with Gasteiger partial charge in [-0.3, -0.25) is 9.59 Å². The molecule has 0 saturated carbocycles. The summed E-state index contributed by atoms with van der Waals surface area (Å²) in [5.41, 5.74) is 2.34. The maximum atomic E-state index is 13.4. The van der Waals surface area contributed by atoms with E-state index in [4.69, 9.17) is 4.74 Å². The Kier molecular flexibility index (Phi) is 6.94. The number of ether oxygens (including phenoxy) is 1. The van der Waals surface area contributed by atoms with Gasteiger partial charge in [0, 0.05) is 18.7 Å². The summed E-state index contributed by atoms with van der Waals surface area (Å²) < 4.78 is 5.48. The number of aliphatic hydroxyl groups is 1. The zero-order valence-corrected chi connectivity index (χ0v) is 20.9. The lowest BCUT2D eigenvalue weighted by Crippen LogP contribution is -2.35. The molecule has 1 heterocycles. The summed E-state index contributed by atoms with van der Waals surface area (Å²) in [4.78, 5) is 30.2. The molecule has 6 heteroatoms. The van der Waals surface area contributed by atoms with Crippen LogP contribution in [0.4, 0.5) is 0 Å². The smallest absolute Gasteiger partial charge is 0.295 e. The Labute approximate surface area is 206 Å². The molecule has 0 bridgehead atoms. The van der Waals surface area contributed by atoms with E-state index in [9.17, 15) is 14.7 Å². The van der Waals surface area contributed by atoms with Gasteiger partial charge in [-0.15, -0.1) is 0 Å². The first kappa shape index (κ1) is 24.5. The van der Waals surface area contributed by atoms with Crippen LogP contribution in [-0.2, 0) is 9.59 Å². The number of rotatable bonds is 7. The van der Waals surface area contributed by atoms with Crippen LogP contribution < -0.4 is 4.74 Å². The summed E-state index contributed by atoms with van der Waals surface area (Å²) in [6, 6.07) is 18.4. The van der Waals surface area contributed by atoms with E-state index < -0.39 is 17.7 Å². The van der Waals surface area contributed by atoms with E-state index in [-0.39, 0.29) is 17.3 Å². The summed E-state index contributed by atoms with van der Waals surface area (Å²) in [5, 5.41) is 13.5. The van der Waals surface area contributed by atoms with Gasteiger partial charge in [0.1, 0.15) is 11.5 Å². The predicted octanol–water partition coefficient (Wildman–Crippen LogP) is 4.96. The molecular formula is C29H32N2O4. The summed E-state index contributed by atoms with van der Waals surface area (Å²) in [6.07, 6.45) is 0. The van der Waals surface area contributed by atoms with Gasteiger partial charge < -0.3 is 19.6 Å². The maximum absolute atomic E-state index is 13.4. The first-order chi connectivity index (χ1) is 16.7. The quantitative estimate of drug-likeness (QED) is 0.299. The minimum absolute atomic E-state index is 0.116. The van der Waals surface area contributed by atoms with Crippen molar-refractivity contribution < 1.29 is 19.4 Å². The van der Waals surface area contributed by atoms with Crippen LogP contribution in [0, 0.1) is 0 Å². The average Bonchev–Trinajstić information content (AvgIpc) is 3.10. The normalized spacial score (nSPS) is 17.7. The SMILES string of the molecule is COc1ccc(/C(O)=C2\C(=O)C(=O)N(CCN(C)C)C2c2cccc3ccccc23)cc1C(C)C. The van der Waals surface area contributed by atoms with Gasteiger partial charge in [-0.25, -0.2) is 0 Å². The topological polar surface area (TPSA) is 70.1 Å². The van der Waals surface area contributed by atoms with Gasteiger partial charge in [0.05, 0.1) is 18.7 Å². The van der Waals surface area contributed by atoms with Gasteiger partial charge >= 0.3 is 0 Å². The summed E-state index contributed by atoms with van der Waals surface area (Å²) in [7, 11) is 5.46. The van der Waals surface area contributed by atoms with Crippen molar-refractivity contribution in [2.45, 2.75) is 25.8 Å². The minimum atomic E-state index is -0.689. The van der Waals surface area contributed by atoms with E-state index in [0.29, 0.717) is 24.4 Å². The molecule has 1 aliphatic rings. The zero-order valence-electron chi connectivity index (χ0n) is 20.9. The highest BCUT2D eigenvalue weighted by atomic mass is 16.5. The Hall–Kier alpha value is -3.64. The highest BCUT2D eigenvalue weighted by Gasteiger charge is 2.46. The van der Waals surface area contributed by atoms with Gasteiger partial charge in [0.2, 0.25) is 0 Å². The van der Waals surface area contributed by atoms with Gasteiger partial charge in [0.25, 0.3) is 11.7 Å². The lowest BCUT2D eigenvalue weighted by molar-refractivity contribution is -0.140. The van der Waals surface area contributed by atoms with E-state index in [1.807, 2.05) is 81.4 Å². The molecule has 35 heavy (non-hydrogen) atoms. The number of ketones is 1. The number of benzene rings is 3. The number of likely N-dealkylation sites (N-methyl/N-ethyl adjacent to an activating group) is 1. The number of carbonyl (C=O) groups is 2. The minimum Gasteiger partial charge on any atom is -0.507 e. The highest BCUT2D eigenvalue weighted by molar-refractivity contribution is 6.46. The number of amides is 1. The molecule has 0 aromatic heterocycles. The summed E-state index contributed by atoms with van der Waals surface area (Å²) in [6.45, 7) is 5.03. The second-order valence-electron chi connectivity index (χ2n) is 9.48. The van der Waals surface area contributed by atoms with Crippen LogP contribution in [0.25, 0.3) is 16.5 Å². The molecule has 1 unspecified atom stereocenters. The number of methoxy groups -OCH3 is 1. The van der Waals surface area contributed by atoms with Crippen LogP contribution in [0.15, 0.2) is 66.2 Å². The third kappa shape index (κ3) is 4.54. The lowest BCUT2D eigenvalue weighted by atomic mass is 9.90. The standard InChI is InChI=1S/C29H32N2O4/c1-18(2)23-17-20(13-14-24(23)35-5)27(32)25-26(31(16-15-30(3)4)29(34)28(25)33)22-12-8-10-19-9-6-7-11-21(19)22/h6-14,17-18,26,32H,15-16H2,1-5H3/b27-25+. The van der Waals surface area contributed by atoms with E-state index in [1.165, 1.54) is 0 Å². The van der Waals surface area contributed by atoms with Crippen molar-refractivity contribution in [1.29, 1.82) is 0 Å². The van der Waals surface area contributed by atoms with Gasteiger partial charge in [-0.2, -0.15) is 0 Å². The highest BCUT2D eigenvalue weighted by Crippen LogP contribution is 2.42. The molecule has 1 atom stereocenters. The van der Waals surface area contributed by atoms with E-state index in [2.05, 4.69) is 0 Å². The first-order valence-corrected chi connectivity index (χ1v) is 11.8. The maximum Gasteiger partial charge on any atom is 0.295 e.